The van der Waals surface area contributed by atoms with E-state index in [9.17, 15) is 8.42 Å². The van der Waals surface area contributed by atoms with Crippen molar-refractivity contribution in [2.75, 3.05) is 31.1 Å². The number of halogens is 2. The third-order valence-corrected chi connectivity index (χ3v) is 6.07. The van der Waals surface area contributed by atoms with E-state index in [0.717, 1.165) is 4.47 Å². The van der Waals surface area contributed by atoms with Crippen molar-refractivity contribution in [2.45, 2.75) is 5.75 Å². The Hall–Kier alpha value is -1.16. The van der Waals surface area contributed by atoms with Gasteiger partial charge in [-0.15, -0.1) is 0 Å². The predicted octanol–water partition coefficient (Wildman–Crippen LogP) is 2.14. The minimum atomic E-state index is -3.41. The number of hydrogen-bond donors (Lipinski definition) is 0. The van der Waals surface area contributed by atoms with Crippen LogP contribution >= 0.6 is 27.5 Å². The van der Waals surface area contributed by atoms with Crippen molar-refractivity contribution >= 4 is 43.4 Å². The molecule has 124 valence electrons. The molecule has 0 saturated carbocycles. The van der Waals surface area contributed by atoms with Crippen molar-refractivity contribution in [1.82, 2.24) is 14.4 Å². The number of aromatic nitrogens is 2. The molecular formula is C13H14BrClN4O3S. The molecule has 0 N–H and O–H groups in total. The average Bonchev–Trinajstić information content (AvgIpc) is 3.00. The van der Waals surface area contributed by atoms with Crippen LogP contribution in [0.4, 0.5) is 5.82 Å². The van der Waals surface area contributed by atoms with E-state index in [1.807, 2.05) is 4.90 Å². The van der Waals surface area contributed by atoms with Gasteiger partial charge in [0.2, 0.25) is 10.0 Å². The van der Waals surface area contributed by atoms with Crippen LogP contribution in [-0.2, 0) is 15.8 Å². The molecule has 1 fully saturated rings. The van der Waals surface area contributed by atoms with E-state index >= 15 is 0 Å². The summed E-state index contributed by atoms with van der Waals surface area (Å²) in [6.07, 6.45) is 3.04. The molecule has 0 amide bonds. The van der Waals surface area contributed by atoms with Gasteiger partial charge in [-0.05, 0) is 22.0 Å². The van der Waals surface area contributed by atoms with Gasteiger partial charge >= 0.3 is 0 Å². The van der Waals surface area contributed by atoms with Gasteiger partial charge in [0.15, 0.2) is 0 Å². The molecule has 3 rings (SSSR count). The lowest BCUT2D eigenvalue weighted by Crippen LogP contribution is -2.49. The van der Waals surface area contributed by atoms with Crippen LogP contribution in [0.1, 0.15) is 5.69 Å². The quantitative estimate of drug-likeness (QED) is 0.752. The maximum Gasteiger partial charge on any atom is 0.220 e. The third kappa shape index (κ3) is 3.85. The van der Waals surface area contributed by atoms with Crippen molar-refractivity contribution in [2.24, 2.45) is 0 Å². The van der Waals surface area contributed by atoms with Gasteiger partial charge in [0.1, 0.15) is 17.8 Å². The summed E-state index contributed by atoms with van der Waals surface area (Å²) in [7, 11) is -3.41. The summed E-state index contributed by atoms with van der Waals surface area (Å²) in [4.78, 5) is 6.29. The molecule has 0 aliphatic carbocycles. The van der Waals surface area contributed by atoms with Gasteiger partial charge in [0.25, 0.3) is 0 Å². The van der Waals surface area contributed by atoms with E-state index < -0.39 is 10.0 Å². The number of pyridine rings is 1. The van der Waals surface area contributed by atoms with E-state index in [4.69, 9.17) is 11.6 Å². The second kappa shape index (κ2) is 6.76. The Morgan fingerprint density at radius 3 is 2.65 bits per heavy atom. The van der Waals surface area contributed by atoms with Gasteiger partial charge < -0.3 is 9.42 Å². The molecule has 7 nitrogen and oxygen atoms in total. The topological polar surface area (TPSA) is 79.5 Å². The number of anilines is 1. The van der Waals surface area contributed by atoms with Crippen LogP contribution in [0.15, 0.2) is 33.6 Å². The largest absolute Gasteiger partial charge is 0.364 e. The van der Waals surface area contributed by atoms with Crippen molar-refractivity contribution in [3.05, 3.63) is 39.8 Å². The van der Waals surface area contributed by atoms with Crippen molar-refractivity contribution in [3.63, 3.8) is 0 Å². The van der Waals surface area contributed by atoms with Gasteiger partial charge in [0.05, 0.1) is 10.7 Å². The lowest BCUT2D eigenvalue weighted by molar-refractivity contribution is 0.380. The Morgan fingerprint density at radius 1 is 1.30 bits per heavy atom. The third-order valence-electron chi connectivity index (χ3n) is 3.54. The fourth-order valence-electron chi connectivity index (χ4n) is 2.41. The number of sulfonamides is 1. The summed E-state index contributed by atoms with van der Waals surface area (Å²) in [5, 5.41) is 4.20. The Kier molecular flexibility index (Phi) is 4.90. The molecule has 10 heteroatoms. The SMILES string of the molecule is O=S(=O)(Cc1ccon1)N1CCN(c2ncc(Br)cc2Cl)CC1. The Morgan fingerprint density at radius 2 is 2.04 bits per heavy atom. The normalized spacial score (nSPS) is 16.7. The first kappa shape index (κ1) is 16.7. The summed E-state index contributed by atoms with van der Waals surface area (Å²) in [5.74, 6) is 0.518. The summed E-state index contributed by atoms with van der Waals surface area (Å²) in [6.45, 7) is 1.83. The summed E-state index contributed by atoms with van der Waals surface area (Å²) in [5.41, 5.74) is 0.407. The van der Waals surface area contributed by atoms with Gasteiger partial charge in [-0.1, -0.05) is 16.8 Å². The minimum absolute atomic E-state index is 0.152. The zero-order chi connectivity index (χ0) is 16.4. The fraction of sp³-hybridized carbons (Fsp3) is 0.385. The van der Waals surface area contributed by atoms with Gasteiger partial charge in [0, 0.05) is 42.9 Å². The van der Waals surface area contributed by atoms with E-state index in [1.54, 1.807) is 18.3 Å². The van der Waals surface area contributed by atoms with E-state index in [-0.39, 0.29) is 5.75 Å². The van der Waals surface area contributed by atoms with E-state index in [1.165, 1.54) is 10.6 Å². The lowest BCUT2D eigenvalue weighted by atomic mass is 10.3. The first-order valence-corrected chi connectivity index (χ1v) is 9.67. The molecule has 0 bridgehead atoms. The maximum absolute atomic E-state index is 12.4. The molecule has 0 radical (unpaired) electrons. The van der Waals surface area contributed by atoms with Crippen LogP contribution in [0.25, 0.3) is 0 Å². The van der Waals surface area contributed by atoms with Crippen molar-refractivity contribution in [3.8, 4) is 0 Å². The van der Waals surface area contributed by atoms with Crippen LogP contribution < -0.4 is 4.90 Å². The maximum atomic E-state index is 12.4. The van der Waals surface area contributed by atoms with Gasteiger partial charge in [-0.25, -0.2) is 13.4 Å². The van der Waals surface area contributed by atoms with Crippen molar-refractivity contribution in [1.29, 1.82) is 0 Å². The van der Waals surface area contributed by atoms with Gasteiger partial charge in [-0.3, -0.25) is 0 Å². The highest BCUT2D eigenvalue weighted by molar-refractivity contribution is 9.10. The van der Waals surface area contributed by atoms with Crippen LogP contribution in [-0.4, -0.2) is 49.0 Å². The molecule has 2 aromatic rings. The molecule has 0 unspecified atom stereocenters. The summed E-state index contributed by atoms with van der Waals surface area (Å²) in [6, 6.07) is 3.33. The van der Waals surface area contributed by atoms with Crippen LogP contribution in [0, 0.1) is 0 Å². The van der Waals surface area contributed by atoms with Crippen LogP contribution in [0.3, 0.4) is 0 Å². The smallest absolute Gasteiger partial charge is 0.220 e. The molecule has 0 aromatic carbocycles. The van der Waals surface area contributed by atoms with Gasteiger partial charge in [-0.2, -0.15) is 4.31 Å². The van der Waals surface area contributed by atoms with E-state index in [2.05, 4.69) is 30.6 Å². The first-order chi connectivity index (χ1) is 11.0. The Bertz CT molecular complexity index is 777. The number of piperazine rings is 1. The average molecular weight is 422 g/mol. The van der Waals surface area contributed by atoms with E-state index in [0.29, 0.717) is 42.7 Å². The molecule has 1 saturated heterocycles. The fourth-order valence-corrected chi connectivity index (χ4v) is 4.58. The summed E-state index contributed by atoms with van der Waals surface area (Å²) < 4.78 is 31.7. The number of nitrogens with zero attached hydrogens (tertiary/aromatic N) is 4. The standard InChI is InChI=1S/C13H14BrClN4O3S/c14-10-7-12(15)13(16-8-10)18-2-4-19(5-3-18)23(20,21)9-11-1-6-22-17-11/h1,6-8H,2-5,9H2. The highest BCUT2D eigenvalue weighted by atomic mass is 79.9. The number of rotatable bonds is 4. The molecule has 23 heavy (non-hydrogen) atoms. The lowest BCUT2D eigenvalue weighted by Gasteiger charge is -2.34. The molecular weight excluding hydrogens is 408 g/mol. The van der Waals surface area contributed by atoms with Crippen LogP contribution in [0.2, 0.25) is 5.02 Å². The zero-order valence-corrected chi connectivity index (χ0v) is 15.2. The Labute approximate surface area is 147 Å². The highest BCUT2D eigenvalue weighted by Crippen LogP contribution is 2.27. The summed E-state index contributed by atoms with van der Waals surface area (Å²) >= 11 is 9.52. The zero-order valence-electron chi connectivity index (χ0n) is 12.0. The Balaban J connectivity index is 1.66. The molecule has 3 heterocycles. The molecule has 0 spiro atoms. The molecule has 2 aromatic heterocycles. The molecule has 1 aliphatic rings. The van der Waals surface area contributed by atoms with Crippen LogP contribution in [0.5, 0.6) is 0 Å². The number of hydrogen-bond acceptors (Lipinski definition) is 6. The highest BCUT2D eigenvalue weighted by Gasteiger charge is 2.29. The minimum Gasteiger partial charge on any atom is -0.364 e. The second-order valence-corrected chi connectivity index (χ2v) is 8.38. The van der Waals surface area contributed by atoms with Crippen molar-refractivity contribution < 1.29 is 12.9 Å². The first-order valence-electron chi connectivity index (χ1n) is 6.89. The predicted molar refractivity (Wildman–Crippen MR) is 89.9 cm³/mol. The monoisotopic (exact) mass is 420 g/mol. The second-order valence-electron chi connectivity index (χ2n) is 5.09. The molecule has 0 atom stereocenters. The molecule has 1 aliphatic heterocycles.